The molecule has 0 saturated carbocycles. The normalized spacial score (nSPS) is 15.0. The molecule has 9 N–H and O–H groups in total. The van der Waals surface area contributed by atoms with Crippen LogP contribution in [0.25, 0.3) is 0 Å². The van der Waals surface area contributed by atoms with Crippen molar-refractivity contribution in [3.8, 4) is 5.75 Å². The van der Waals surface area contributed by atoms with Crippen LogP contribution in [0.2, 0.25) is 0 Å². The summed E-state index contributed by atoms with van der Waals surface area (Å²) >= 11 is 0. The zero-order valence-electron chi connectivity index (χ0n) is 40.9. The third-order valence-corrected chi connectivity index (χ3v) is 12.0. The number of hydrogen-bond acceptors (Lipinski definition) is 12. The Bertz CT molecular complexity index is 1680. The molecule has 1 aromatic rings. The summed E-state index contributed by atoms with van der Waals surface area (Å²) in [5.41, 5.74) is 0.473. The summed E-state index contributed by atoms with van der Waals surface area (Å²) in [5.74, 6) is -10.6. The molecule has 67 heavy (non-hydrogen) atoms. The average Bonchev–Trinajstić information content (AvgIpc) is 3.26. The molecular formula is C50H82N4O13. The molecule has 0 aromatic heterocycles. The van der Waals surface area contributed by atoms with Crippen molar-refractivity contribution in [3.63, 3.8) is 0 Å². The highest BCUT2D eigenvalue weighted by molar-refractivity contribution is 5.97. The summed E-state index contributed by atoms with van der Waals surface area (Å²) < 4.78 is 0. The molecular weight excluding hydrogens is 865 g/mol. The molecule has 17 nitrogen and oxygen atoms in total. The molecule has 0 unspecified atom stereocenters. The number of carbonyl (C=O) groups excluding carboxylic acids is 7. The molecule has 4 amide bonds. The number of aliphatic hydroxyl groups is 3. The van der Waals surface area contributed by atoms with Crippen LogP contribution >= 0.6 is 0 Å². The van der Waals surface area contributed by atoms with Crippen LogP contribution in [0.4, 0.5) is 0 Å². The molecule has 0 spiro atoms. The van der Waals surface area contributed by atoms with Gasteiger partial charge in [-0.05, 0) is 56.7 Å². The van der Waals surface area contributed by atoms with E-state index in [1.54, 1.807) is 0 Å². The van der Waals surface area contributed by atoms with Crippen molar-refractivity contribution in [2.45, 2.75) is 193 Å². The summed E-state index contributed by atoms with van der Waals surface area (Å²) in [4.78, 5) is 105. The number of nitrogens with one attached hydrogen (secondary N) is 4. The number of phenolic OH excluding ortho intramolecular Hbond substituents is 1. The van der Waals surface area contributed by atoms with E-state index >= 15 is 0 Å². The Morgan fingerprint density at radius 1 is 0.582 bits per heavy atom. The number of carboxylic acid groups (broad SMARTS) is 1. The van der Waals surface area contributed by atoms with E-state index in [-0.39, 0.29) is 30.4 Å². The number of carboxylic acids is 1. The van der Waals surface area contributed by atoms with Gasteiger partial charge in [-0.2, -0.15) is 0 Å². The Morgan fingerprint density at radius 2 is 1.10 bits per heavy atom. The SMILES string of the molecule is CCCCCCCCCCCCCCCC(=O)N[C@@H](CC(C)C)C(=O)C[C@H](C(=O)N[C@@H](Cc1ccc(O)cc1)C(=O)C[C@@H](CO)C(=O)N[C@H](C(=O)C[C@@H](CC(=O)O)C(=O)NC)[C@@H](C)O)[C@@H](C)O. The van der Waals surface area contributed by atoms with Crippen molar-refractivity contribution in [3.05, 3.63) is 29.8 Å². The number of aliphatic hydroxyl groups excluding tert-OH is 3. The standard InChI is InChI=1S/C50H82N4O13/c1-7-8-9-10-11-12-13-14-15-16-17-18-19-20-45(62)52-40(25-32(2)3)43(60)30-39(33(4)56)50(67)53-41(26-35-21-23-38(58)24-22-35)42(59)28-37(31-55)49(66)54-47(34(5)57)44(61)27-36(29-46(63)64)48(65)51-6/h21-24,32-34,36-37,39-41,47,55-58H,7-20,25-31H2,1-6H3,(H,51,65)(H,52,62)(H,53,67)(H,54,66)(H,63,64)/t33-,34-,36+,37+,39+,40+,41+,47+/m1/s1. The minimum atomic E-state index is -1.64. The molecule has 0 fully saturated rings. The van der Waals surface area contributed by atoms with E-state index in [1.165, 1.54) is 103 Å². The highest BCUT2D eigenvalue weighted by Crippen LogP contribution is 2.20. The zero-order chi connectivity index (χ0) is 50.5. The van der Waals surface area contributed by atoms with E-state index in [4.69, 9.17) is 0 Å². The number of phenols is 1. The second-order valence-corrected chi connectivity index (χ2v) is 18.5. The fourth-order valence-corrected chi connectivity index (χ4v) is 7.95. The Hall–Kier alpha value is -4.74. The van der Waals surface area contributed by atoms with Crippen LogP contribution in [0, 0.1) is 23.7 Å². The maximum Gasteiger partial charge on any atom is 0.304 e. The highest BCUT2D eigenvalue weighted by atomic mass is 16.4. The van der Waals surface area contributed by atoms with Gasteiger partial charge in [0.25, 0.3) is 0 Å². The van der Waals surface area contributed by atoms with Crippen molar-refractivity contribution in [1.29, 1.82) is 0 Å². The lowest BCUT2D eigenvalue weighted by atomic mass is 9.89. The van der Waals surface area contributed by atoms with Crippen molar-refractivity contribution >= 4 is 46.9 Å². The van der Waals surface area contributed by atoms with Crippen LogP contribution in [0.1, 0.15) is 162 Å². The smallest absolute Gasteiger partial charge is 0.304 e. The highest BCUT2D eigenvalue weighted by Gasteiger charge is 2.36. The largest absolute Gasteiger partial charge is 0.508 e. The van der Waals surface area contributed by atoms with Gasteiger partial charge >= 0.3 is 5.97 Å². The maximum atomic E-state index is 14.0. The molecule has 1 rings (SSSR count). The van der Waals surface area contributed by atoms with Crippen molar-refractivity contribution in [2.75, 3.05) is 13.7 Å². The fourth-order valence-electron chi connectivity index (χ4n) is 7.95. The van der Waals surface area contributed by atoms with Gasteiger partial charge in [-0.1, -0.05) is 110 Å². The molecule has 0 aliphatic heterocycles. The Balaban J connectivity index is 3.08. The number of benzene rings is 1. The number of amides is 4. The minimum absolute atomic E-state index is 0.00111. The third kappa shape index (κ3) is 25.3. The van der Waals surface area contributed by atoms with Gasteiger partial charge in [-0.25, -0.2) is 0 Å². The van der Waals surface area contributed by atoms with E-state index < -0.39 is 121 Å². The zero-order valence-corrected chi connectivity index (χ0v) is 40.9. The molecule has 0 saturated heterocycles. The summed E-state index contributed by atoms with van der Waals surface area (Å²) in [6.45, 7) is 7.60. The summed E-state index contributed by atoms with van der Waals surface area (Å²) in [6, 6.07) is 1.77. The number of Topliss-reactive ketones (excluding diaryl/α,β-unsaturated/α-hetero) is 3. The van der Waals surface area contributed by atoms with Gasteiger partial charge in [0.15, 0.2) is 17.3 Å². The summed E-state index contributed by atoms with van der Waals surface area (Å²) in [6.07, 6.45) is 10.1. The van der Waals surface area contributed by atoms with Gasteiger partial charge < -0.3 is 46.8 Å². The summed E-state index contributed by atoms with van der Waals surface area (Å²) in [5, 5.41) is 60.6. The van der Waals surface area contributed by atoms with Crippen molar-refractivity contribution in [1.82, 2.24) is 21.3 Å². The van der Waals surface area contributed by atoms with E-state index in [0.717, 1.165) is 19.3 Å². The van der Waals surface area contributed by atoms with Crippen LogP contribution in [-0.2, 0) is 44.8 Å². The lowest BCUT2D eigenvalue weighted by Crippen LogP contribution is -2.52. The molecule has 1 aromatic carbocycles. The minimum Gasteiger partial charge on any atom is -0.508 e. The number of ketones is 3. The van der Waals surface area contributed by atoms with Crippen LogP contribution < -0.4 is 21.3 Å². The monoisotopic (exact) mass is 947 g/mol. The van der Waals surface area contributed by atoms with E-state index in [1.807, 2.05) is 13.8 Å². The third-order valence-electron chi connectivity index (χ3n) is 12.0. The first-order chi connectivity index (χ1) is 31.7. The number of rotatable bonds is 38. The molecule has 17 heteroatoms. The molecule has 0 radical (unpaired) electrons. The number of unbranched alkanes of at least 4 members (excludes halogenated alkanes) is 12. The first-order valence-electron chi connectivity index (χ1n) is 24.4. The Morgan fingerprint density at radius 3 is 1.58 bits per heavy atom. The Kier molecular flexibility index (Phi) is 30.3. The molecule has 380 valence electrons. The second-order valence-electron chi connectivity index (χ2n) is 18.5. The molecule has 0 heterocycles. The van der Waals surface area contributed by atoms with Gasteiger partial charge in [0.2, 0.25) is 23.6 Å². The van der Waals surface area contributed by atoms with Crippen LogP contribution in [0.5, 0.6) is 5.75 Å². The number of hydrogen-bond donors (Lipinski definition) is 9. The van der Waals surface area contributed by atoms with Gasteiger partial charge in [-0.15, -0.1) is 0 Å². The van der Waals surface area contributed by atoms with Crippen molar-refractivity contribution < 1.29 is 63.9 Å². The number of aliphatic carboxylic acids is 1. The van der Waals surface area contributed by atoms with Gasteiger partial charge in [0, 0.05) is 32.7 Å². The van der Waals surface area contributed by atoms with E-state index in [0.29, 0.717) is 18.4 Å². The second kappa shape index (κ2) is 33.7. The van der Waals surface area contributed by atoms with Crippen LogP contribution in [-0.4, -0.2) is 116 Å². The first-order valence-corrected chi connectivity index (χ1v) is 24.4. The van der Waals surface area contributed by atoms with Gasteiger partial charge in [-0.3, -0.25) is 38.4 Å². The molecule has 0 bridgehead atoms. The molecule has 8 atom stereocenters. The number of aromatic hydroxyl groups is 1. The fraction of sp³-hybridized carbons (Fsp3) is 0.720. The topological polar surface area (TPSA) is 286 Å². The maximum absolute atomic E-state index is 14.0. The predicted molar refractivity (Wildman–Crippen MR) is 253 cm³/mol. The lowest BCUT2D eigenvalue weighted by Gasteiger charge is -2.27. The average molecular weight is 947 g/mol. The Labute approximate surface area is 397 Å². The molecule has 0 aliphatic carbocycles. The quantitative estimate of drug-likeness (QED) is 0.0410. The van der Waals surface area contributed by atoms with Crippen LogP contribution in [0.3, 0.4) is 0 Å². The molecule has 0 aliphatic rings. The van der Waals surface area contributed by atoms with E-state index in [9.17, 15) is 63.9 Å². The van der Waals surface area contributed by atoms with Crippen LogP contribution in [0.15, 0.2) is 24.3 Å². The summed E-state index contributed by atoms with van der Waals surface area (Å²) in [7, 11) is 1.26. The number of carbonyl (C=O) groups is 8. The van der Waals surface area contributed by atoms with Crippen molar-refractivity contribution in [2.24, 2.45) is 23.7 Å². The van der Waals surface area contributed by atoms with E-state index in [2.05, 4.69) is 28.2 Å². The predicted octanol–water partition coefficient (Wildman–Crippen LogP) is 4.62. The first kappa shape index (κ1) is 60.3. The van der Waals surface area contributed by atoms with Gasteiger partial charge in [0.1, 0.15) is 11.8 Å². The van der Waals surface area contributed by atoms with Gasteiger partial charge in [0.05, 0.1) is 55.1 Å². The lowest BCUT2D eigenvalue weighted by molar-refractivity contribution is -0.142.